The van der Waals surface area contributed by atoms with Crippen LogP contribution in [0.3, 0.4) is 0 Å². The third-order valence-corrected chi connectivity index (χ3v) is 5.77. The maximum absolute atomic E-state index is 12.7. The minimum Gasteiger partial charge on any atom is -0.497 e. The molecule has 1 aliphatic heterocycles. The maximum atomic E-state index is 12.7. The number of hydrogen-bond acceptors (Lipinski definition) is 6. The molecule has 0 atom stereocenters. The van der Waals surface area contributed by atoms with Crippen molar-refractivity contribution in [2.45, 2.75) is 31.7 Å². The van der Waals surface area contributed by atoms with Crippen LogP contribution in [0.4, 0.5) is 0 Å². The molecular formula is C23H27N5O3. The molecular weight excluding hydrogens is 394 g/mol. The van der Waals surface area contributed by atoms with Crippen LogP contribution in [0.1, 0.15) is 24.0 Å². The predicted octanol–water partition coefficient (Wildman–Crippen LogP) is 2.52. The summed E-state index contributed by atoms with van der Waals surface area (Å²) >= 11 is 0. The van der Waals surface area contributed by atoms with Crippen LogP contribution in [0.25, 0.3) is 11.4 Å². The molecule has 31 heavy (non-hydrogen) atoms. The lowest BCUT2D eigenvalue weighted by atomic mass is 9.73. The molecule has 4 rings (SSSR count). The minimum absolute atomic E-state index is 0.0113. The Balaban J connectivity index is 1.42. The van der Waals surface area contributed by atoms with Crippen molar-refractivity contribution in [3.05, 3.63) is 59.7 Å². The number of methoxy groups -OCH3 is 1. The van der Waals surface area contributed by atoms with Crippen molar-refractivity contribution in [1.82, 2.24) is 25.5 Å². The van der Waals surface area contributed by atoms with Gasteiger partial charge in [-0.15, -0.1) is 10.2 Å². The fraction of sp³-hybridized carbons (Fsp3) is 0.391. The van der Waals surface area contributed by atoms with Gasteiger partial charge < -0.3 is 14.8 Å². The third kappa shape index (κ3) is 4.91. The number of amides is 1. The largest absolute Gasteiger partial charge is 0.497 e. The first-order chi connectivity index (χ1) is 15.1. The van der Waals surface area contributed by atoms with Crippen molar-refractivity contribution in [3.8, 4) is 17.1 Å². The van der Waals surface area contributed by atoms with E-state index in [2.05, 4.69) is 51.9 Å². The van der Waals surface area contributed by atoms with Crippen molar-refractivity contribution in [3.63, 3.8) is 0 Å². The van der Waals surface area contributed by atoms with Gasteiger partial charge in [0.1, 0.15) is 12.3 Å². The number of aromatic nitrogens is 4. The van der Waals surface area contributed by atoms with Crippen LogP contribution in [0.15, 0.2) is 48.5 Å². The van der Waals surface area contributed by atoms with Crippen molar-refractivity contribution < 1.29 is 14.3 Å². The summed E-state index contributed by atoms with van der Waals surface area (Å²) in [6.45, 7) is 4.04. The molecule has 2 aromatic carbocycles. The number of carbonyl (C=O) groups excluding carboxylic acids is 1. The summed E-state index contributed by atoms with van der Waals surface area (Å²) in [6.07, 6.45) is 1.75. The fourth-order valence-corrected chi connectivity index (χ4v) is 3.94. The maximum Gasteiger partial charge on any atom is 0.243 e. The number of nitrogens with one attached hydrogen (secondary N) is 1. The van der Waals surface area contributed by atoms with E-state index in [1.54, 1.807) is 7.11 Å². The number of rotatable bonds is 7. The van der Waals surface area contributed by atoms with Crippen LogP contribution < -0.4 is 10.1 Å². The second-order valence-corrected chi connectivity index (χ2v) is 7.91. The molecule has 2 heterocycles. The van der Waals surface area contributed by atoms with Gasteiger partial charge in [0.15, 0.2) is 0 Å². The highest BCUT2D eigenvalue weighted by Crippen LogP contribution is 2.34. The SMILES string of the molecule is COc1cccc(-c2nnn(CC(=O)NCC3(c4cccc(C)c4)CCOCC3)n2)c1. The smallest absolute Gasteiger partial charge is 0.243 e. The molecule has 0 radical (unpaired) electrons. The molecule has 162 valence electrons. The fourth-order valence-electron chi connectivity index (χ4n) is 3.94. The van der Waals surface area contributed by atoms with Gasteiger partial charge in [-0.25, -0.2) is 0 Å². The van der Waals surface area contributed by atoms with Crippen molar-refractivity contribution in [2.24, 2.45) is 0 Å². The van der Waals surface area contributed by atoms with Crippen LogP contribution in [-0.4, -0.2) is 53.0 Å². The Morgan fingerprint density at radius 3 is 2.77 bits per heavy atom. The molecule has 1 saturated heterocycles. The van der Waals surface area contributed by atoms with E-state index < -0.39 is 0 Å². The van der Waals surface area contributed by atoms with Crippen molar-refractivity contribution in [2.75, 3.05) is 26.9 Å². The monoisotopic (exact) mass is 421 g/mol. The number of ether oxygens (including phenoxy) is 2. The van der Waals surface area contributed by atoms with Gasteiger partial charge in [-0.3, -0.25) is 4.79 Å². The summed E-state index contributed by atoms with van der Waals surface area (Å²) in [7, 11) is 1.61. The van der Waals surface area contributed by atoms with Crippen molar-refractivity contribution in [1.29, 1.82) is 0 Å². The number of benzene rings is 2. The Labute approximate surface area is 181 Å². The zero-order valence-corrected chi connectivity index (χ0v) is 17.9. The van der Waals surface area contributed by atoms with E-state index in [0.29, 0.717) is 31.3 Å². The first-order valence-corrected chi connectivity index (χ1v) is 10.4. The zero-order valence-electron chi connectivity index (χ0n) is 17.9. The number of aryl methyl sites for hydroxylation is 1. The Hall–Kier alpha value is -3.26. The summed E-state index contributed by atoms with van der Waals surface area (Å²) in [4.78, 5) is 14.0. The van der Waals surface area contributed by atoms with E-state index in [0.717, 1.165) is 18.4 Å². The highest BCUT2D eigenvalue weighted by molar-refractivity contribution is 5.75. The van der Waals surface area contributed by atoms with Crippen LogP contribution in [0, 0.1) is 6.92 Å². The molecule has 3 aromatic rings. The quantitative estimate of drug-likeness (QED) is 0.630. The molecule has 1 fully saturated rings. The van der Waals surface area contributed by atoms with Gasteiger partial charge in [0, 0.05) is 30.7 Å². The van der Waals surface area contributed by atoms with Gasteiger partial charge in [0.05, 0.1) is 7.11 Å². The Kier molecular flexibility index (Phi) is 6.27. The minimum atomic E-state index is -0.145. The molecule has 0 unspecified atom stereocenters. The first kappa shape index (κ1) is 21.0. The Morgan fingerprint density at radius 1 is 1.19 bits per heavy atom. The highest BCUT2D eigenvalue weighted by Gasteiger charge is 2.35. The lowest BCUT2D eigenvalue weighted by Crippen LogP contribution is -2.45. The van der Waals surface area contributed by atoms with E-state index in [1.807, 2.05) is 24.3 Å². The summed E-state index contributed by atoms with van der Waals surface area (Å²) in [5, 5.41) is 15.5. The average molecular weight is 422 g/mol. The number of hydrogen-bond donors (Lipinski definition) is 1. The Morgan fingerprint density at radius 2 is 2.00 bits per heavy atom. The van der Waals surface area contributed by atoms with Gasteiger partial charge in [-0.05, 0) is 42.7 Å². The average Bonchev–Trinajstić information content (AvgIpc) is 3.27. The topological polar surface area (TPSA) is 91.2 Å². The van der Waals surface area contributed by atoms with Crippen LogP contribution in [0.2, 0.25) is 0 Å². The first-order valence-electron chi connectivity index (χ1n) is 10.4. The molecule has 1 aromatic heterocycles. The summed E-state index contributed by atoms with van der Waals surface area (Å²) in [6, 6.07) is 15.9. The van der Waals surface area contributed by atoms with Crippen LogP contribution in [-0.2, 0) is 21.5 Å². The lowest BCUT2D eigenvalue weighted by molar-refractivity contribution is -0.122. The molecule has 1 aliphatic rings. The van der Waals surface area contributed by atoms with Gasteiger partial charge >= 0.3 is 0 Å². The Bertz CT molecular complexity index is 1040. The molecule has 8 heteroatoms. The molecule has 0 saturated carbocycles. The number of carbonyl (C=O) groups is 1. The molecule has 1 amide bonds. The standard InChI is InChI=1S/C23H27N5O3/c1-17-5-3-7-19(13-17)23(9-11-31-12-10-23)16-24-21(29)15-28-26-22(25-27-28)18-6-4-8-20(14-18)30-2/h3-8,13-14H,9-12,15-16H2,1-2H3,(H,24,29). The number of tetrazole rings is 1. The second kappa shape index (κ2) is 9.26. The van der Waals surface area contributed by atoms with Gasteiger partial charge in [0.2, 0.25) is 11.7 Å². The summed E-state index contributed by atoms with van der Waals surface area (Å²) in [5.74, 6) is 1.02. The van der Waals surface area contributed by atoms with E-state index >= 15 is 0 Å². The highest BCUT2D eigenvalue weighted by atomic mass is 16.5. The van der Waals surface area contributed by atoms with Gasteiger partial charge in [-0.2, -0.15) is 4.80 Å². The lowest BCUT2D eigenvalue weighted by Gasteiger charge is -2.38. The third-order valence-electron chi connectivity index (χ3n) is 5.77. The molecule has 0 bridgehead atoms. The van der Waals surface area contributed by atoms with E-state index in [4.69, 9.17) is 9.47 Å². The van der Waals surface area contributed by atoms with E-state index in [-0.39, 0.29) is 17.9 Å². The van der Waals surface area contributed by atoms with Gasteiger partial charge in [0.25, 0.3) is 0 Å². The van der Waals surface area contributed by atoms with E-state index in [1.165, 1.54) is 15.9 Å². The summed E-state index contributed by atoms with van der Waals surface area (Å²) < 4.78 is 10.8. The number of nitrogens with zero attached hydrogens (tertiary/aromatic N) is 4. The molecule has 8 nitrogen and oxygen atoms in total. The van der Waals surface area contributed by atoms with Gasteiger partial charge in [-0.1, -0.05) is 42.0 Å². The zero-order chi connectivity index (χ0) is 21.7. The molecule has 0 spiro atoms. The van der Waals surface area contributed by atoms with E-state index in [9.17, 15) is 4.79 Å². The normalized spacial score (nSPS) is 15.4. The second-order valence-electron chi connectivity index (χ2n) is 7.91. The summed E-state index contributed by atoms with van der Waals surface area (Å²) in [5.41, 5.74) is 3.12. The van der Waals surface area contributed by atoms with Crippen molar-refractivity contribution >= 4 is 5.91 Å². The molecule has 1 N–H and O–H groups in total. The van der Waals surface area contributed by atoms with Crippen LogP contribution in [0.5, 0.6) is 5.75 Å². The predicted molar refractivity (Wildman–Crippen MR) is 116 cm³/mol. The molecule has 0 aliphatic carbocycles. The van der Waals surface area contributed by atoms with Crippen LogP contribution >= 0.6 is 0 Å².